The summed E-state index contributed by atoms with van der Waals surface area (Å²) < 4.78 is 19.4. The maximum atomic E-state index is 12.8. The molecule has 2 rings (SSSR count). The number of hydrogen-bond donors (Lipinski definition) is 0. The molecule has 0 atom stereocenters. The van der Waals surface area contributed by atoms with Gasteiger partial charge in [-0.15, -0.1) is 0 Å². The lowest BCUT2D eigenvalue weighted by Gasteiger charge is -2.06. The average Bonchev–Trinajstić information content (AvgIpc) is 2.22. The summed E-state index contributed by atoms with van der Waals surface area (Å²) in [5.74, 6) is 0.546. The van der Waals surface area contributed by atoms with Crippen LogP contribution >= 0.6 is 31.9 Å². The first-order valence-corrected chi connectivity index (χ1v) is 5.84. The lowest BCUT2D eigenvalue weighted by Crippen LogP contribution is -1.90. The van der Waals surface area contributed by atoms with E-state index in [4.69, 9.17) is 4.74 Å². The average molecular weight is 348 g/mol. The predicted molar refractivity (Wildman–Crippen MR) is 63.9 cm³/mol. The minimum Gasteiger partial charge on any atom is -0.438 e. The van der Waals surface area contributed by atoms with Crippen LogP contribution in [0.25, 0.3) is 0 Å². The van der Waals surface area contributed by atoms with Crippen LogP contribution < -0.4 is 4.74 Å². The summed E-state index contributed by atoms with van der Waals surface area (Å²) in [5.41, 5.74) is 0. The summed E-state index contributed by atoms with van der Waals surface area (Å²) in [4.78, 5) is 7.79. The van der Waals surface area contributed by atoms with E-state index in [-0.39, 0.29) is 5.82 Å². The number of halogens is 3. The van der Waals surface area contributed by atoms with E-state index >= 15 is 0 Å². The minimum atomic E-state index is -0.330. The largest absolute Gasteiger partial charge is 0.438 e. The van der Waals surface area contributed by atoms with Gasteiger partial charge in [-0.05, 0) is 50.1 Å². The molecule has 0 amide bonds. The molecule has 2 aromatic rings. The third-order valence-electron chi connectivity index (χ3n) is 1.72. The molecule has 0 unspecified atom stereocenters. The molecule has 1 aromatic heterocycles. The molecule has 0 saturated carbocycles. The van der Waals surface area contributed by atoms with Gasteiger partial charge in [0.2, 0.25) is 5.88 Å². The van der Waals surface area contributed by atoms with Crippen molar-refractivity contribution in [1.29, 1.82) is 0 Å². The maximum Gasteiger partial charge on any atom is 0.223 e. The van der Waals surface area contributed by atoms with Crippen LogP contribution in [-0.2, 0) is 0 Å². The molecule has 0 aliphatic carbocycles. The molecule has 0 spiro atoms. The molecular weight excluding hydrogens is 343 g/mol. The van der Waals surface area contributed by atoms with Gasteiger partial charge in [-0.3, -0.25) is 0 Å². The Kier molecular flexibility index (Phi) is 3.50. The summed E-state index contributed by atoms with van der Waals surface area (Å²) in [7, 11) is 0. The topological polar surface area (TPSA) is 35.0 Å². The van der Waals surface area contributed by atoms with Crippen molar-refractivity contribution in [3.63, 3.8) is 0 Å². The summed E-state index contributed by atoms with van der Waals surface area (Å²) >= 11 is 6.41. The number of hydrogen-bond acceptors (Lipinski definition) is 3. The third-order valence-corrected chi connectivity index (χ3v) is 2.77. The van der Waals surface area contributed by atoms with Gasteiger partial charge in [0.25, 0.3) is 0 Å². The zero-order valence-electron chi connectivity index (χ0n) is 7.82. The summed E-state index contributed by atoms with van der Waals surface area (Å²) in [6, 6.07) is 5.78. The van der Waals surface area contributed by atoms with Crippen molar-refractivity contribution in [2.75, 3.05) is 0 Å². The summed E-state index contributed by atoms with van der Waals surface area (Å²) in [6.07, 6.45) is 1.37. The highest BCUT2D eigenvalue weighted by Crippen LogP contribution is 2.29. The maximum absolute atomic E-state index is 12.8. The second-order valence-electron chi connectivity index (χ2n) is 2.86. The van der Waals surface area contributed by atoms with E-state index in [9.17, 15) is 4.39 Å². The molecule has 0 aliphatic rings. The van der Waals surface area contributed by atoms with E-state index in [1.807, 2.05) is 0 Å². The lowest BCUT2D eigenvalue weighted by atomic mass is 10.3. The van der Waals surface area contributed by atoms with Gasteiger partial charge < -0.3 is 4.74 Å². The van der Waals surface area contributed by atoms with Crippen LogP contribution in [0.15, 0.2) is 39.7 Å². The SMILES string of the molecule is Fc1ccc(Oc2cc(Br)ncn2)c(Br)c1. The van der Waals surface area contributed by atoms with Crippen molar-refractivity contribution in [2.45, 2.75) is 0 Å². The number of nitrogens with zero attached hydrogens (tertiary/aromatic N) is 2. The van der Waals surface area contributed by atoms with E-state index in [0.29, 0.717) is 20.7 Å². The van der Waals surface area contributed by atoms with Crippen LogP contribution in [0.5, 0.6) is 11.6 Å². The Hall–Kier alpha value is -1.01. The van der Waals surface area contributed by atoms with E-state index in [1.54, 1.807) is 6.07 Å². The van der Waals surface area contributed by atoms with Crippen molar-refractivity contribution in [3.8, 4) is 11.6 Å². The van der Waals surface area contributed by atoms with Gasteiger partial charge in [-0.25, -0.2) is 14.4 Å². The molecule has 0 fully saturated rings. The van der Waals surface area contributed by atoms with Gasteiger partial charge >= 0.3 is 0 Å². The summed E-state index contributed by atoms with van der Waals surface area (Å²) in [5, 5.41) is 0. The number of ether oxygens (including phenoxy) is 1. The van der Waals surface area contributed by atoms with Gasteiger partial charge in [0.1, 0.15) is 22.5 Å². The zero-order valence-corrected chi connectivity index (χ0v) is 11.0. The van der Waals surface area contributed by atoms with Crippen LogP contribution in [-0.4, -0.2) is 9.97 Å². The first-order chi connectivity index (χ1) is 7.65. The van der Waals surface area contributed by atoms with Gasteiger partial charge in [0.15, 0.2) is 0 Å². The zero-order chi connectivity index (χ0) is 11.5. The normalized spacial score (nSPS) is 10.2. The molecule has 0 aliphatic heterocycles. The van der Waals surface area contributed by atoms with Gasteiger partial charge in [-0.1, -0.05) is 0 Å². The molecule has 0 radical (unpaired) electrons. The highest BCUT2D eigenvalue weighted by atomic mass is 79.9. The van der Waals surface area contributed by atoms with E-state index < -0.39 is 0 Å². The third kappa shape index (κ3) is 2.76. The molecule has 82 valence electrons. The predicted octanol–water partition coefficient (Wildman–Crippen LogP) is 3.93. The quantitative estimate of drug-likeness (QED) is 0.772. The number of aromatic nitrogens is 2. The standard InChI is InChI=1S/C10H5Br2FN2O/c11-7-3-6(13)1-2-8(7)16-10-4-9(12)14-5-15-10/h1-5H. The van der Waals surface area contributed by atoms with Crippen LogP contribution in [0.4, 0.5) is 4.39 Å². The highest BCUT2D eigenvalue weighted by Gasteiger charge is 2.05. The molecular formula is C10H5Br2FN2O. The van der Waals surface area contributed by atoms with Gasteiger partial charge in [0.05, 0.1) is 4.47 Å². The van der Waals surface area contributed by atoms with Crippen molar-refractivity contribution in [3.05, 3.63) is 45.5 Å². The fourth-order valence-electron chi connectivity index (χ4n) is 1.04. The Bertz CT molecular complexity index is 522. The Morgan fingerprint density at radius 3 is 2.62 bits per heavy atom. The van der Waals surface area contributed by atoms with Crippen molar-refractivity contribution in [2.24, 2.45) is 0 Å². The lowest BCUT2D eigenvalue weighted by molar-refractivity contribution is 0.456. The number of benzene rings is 1. The second kappa shape index (κ2) is 4.88. The first-order valence-electron chi connectivity index (χ1n) is 4.25. The minimum absolute atomic E-state index is 0.330. The fourth-order valence-corrected chi connectivity index (χ4v) is 1.76. The van der Waals surface area contributed by atoms with Crippen molar-refractivity contribution >= 4 is 31.9 Å². The van der Waals surface area contributed by atoms with Crippen LogP contribution in [0.1, 0.15) is 0 Å². The molecule has 0 bridgehead atoms. The summed E-state index contributed by atoms with van der Waals surface area (Å²) in [6.45, 7) is 0. The Balaban J connectivity index is 2.27. The van der Waals surface area contributed by atoms with E-state index in [1.165, 1.54) is 24.5 Å². The first kappa shape index (κ1) is 11.5. The molecule has 16 heavy (non-hydrogen) atoms. The Morgan fingerprint density at radius 1 is 1.12 bits per heavy atom. The Labute approximate surface area is 108 Å². The van der Waals surface area contributed by atoms with Gasteiger partial charge in [0, 0.05) is 6.07 Å². The van der Waals surface area contributed by atoms with E-state index in [2.05, 4.69) is 41.8 Å². The molecule has 0 saturated heterocycles. The molecule has 6 heteroatoms. The van der Waals surface area contributed by atoms with Gasteiger partial charge in [-0.2, -0.15) is 0 Å². The second-order valence-corrected chi connectivity index (χ2v) is 4.52. The molecule has 0 N–H and O–H groups in total. The smallest absolute Gasteiger partial charge is 0.223 e. The molecule has 1 heterocycles. The van der Waals surface area contributed by atoms with Crippen LogP contribution in [0.2, 0.25) is 0 Å². The van der Waals surface area contributed by atoms with Crippen LogP contribution in [0.3, 0.4) is 0 Å². The highest BCUT2D eigenvalue weighted by molar-refractivity contribution is 9.10. The number of rotatable bonds is 2. The van der Waals surface area contributed by atoms with E-state index in [0.717, 1.165) is 0 Å². The van der Waals surface area contributed by atoms with Crippen LogP contribution in [0, 0.1) is 5.82 Å². The van der Waals surface area contributed by atoms with Crippen molar-refractivity contribution < 1.29 is 9.13 Å². The monoisotopic (exact) mass is 346 g/mol. The molecule has 3 nitrogen and oxygen atoms in total. The fraction of sp³-hybridized carbons (Fsp3) is 0. The Morgan fingerprint density at radius 2 is 1.94 bits per heavy atom. The van der Waals surface area contributed by atoms with Crippen molar-refractivity contribution in [1.82, 2.24) is 9.97 Å². The molecule has 1 aromatic carbocycles.